The van der Waals surface area contributed by atoms with E-state index in [0.717, 1.165) is 4.90 Å². The molecule has 110 valence electrons. The van der Waals surface area contributed by atoms with Crippen molar-refractivity contribution in [2.45, 2.75) is 4.90 Å². The number of thioether (sulfide) groups is 1. The standard InChI is InChI=1S/C15H16N2O3S/c1-17-9-14(20-2)13(18)8-12(17)15(19)16-10-5-4-6-11(7-10)21-3/h4-9H,1-3H3,(H,16,19). The number of aromatic nitrogens is 1. The number of hydrogen-bond donors (Lipinski definition) is 1. The molecule has 0 aliphatic carbocycles. The van der Waals surface area contributed by atoms with Gasteiger partial charge in [0.15, 0.2) is 5.75 Å². The molecule has 0 spiro atoms. The summed E-state index contributed by atoms with van der Waals surface area (Å²) in [6, 6.07) is 8.79. The van der Waals surface area contributed by atoms with Gasteiger partial charge in [0.1, 0.15) is 5.69 Å². The van der Waals surface area contributed by atoms with Crippen molar-refractivity contribution in [3.63, 3.8) is 0 Å². The summed E-state index contributed by atoms with van der Waals surface area (Å²) in [5.41, 5.74) is 0.643. The molecule has 1 aromatic carbocycles. The number of nitrogens with one attached hydrogen (secondary N) is 1. The molecule has 0 unspecified atom stereocenters. The number of methoxy groups -OCH3 is 1. The average Bonchev–Trinajstić information content (AvgIpc) is 2.49. The van der Waals surface area contributed by atoms with Crippen molar-refractivity contribution >= 4 is 23.4 Å². The molecule has 0 saturated carbocycles. The first kappa shape index (κ1) is 15.2. The SMILES string of the molecule is COc1cn(C)c(C(=O)Nc2cccc(SC)c2)cc1=O. The predicted octanol–water partition coefficient (Wildman–Crippen LogP) is 2.37. The average molecular weight is 304 g/mol. The lowest BCUT2D eigenvalue weighted by molar-refractivity contribution is 0.101. The second-order valence-electron chi connectivity index (χ2n) is 4.39. The Balaban J connectivity index is 2.28. The Labute approximate surface area is 126 Å². The van der Waals surface area contributed by atoms with Gasteiger partial charge in [-0.1, -0.05) is 6.07 Å². The normalized spacial score (nSPS) is 10.2. The molecule has 0 saturated heterocycles. The molecule has 1 heterocycles. The number of rotatable bonds is 4. The molecule has 0 aliphatic rings. The fraction of sp³-hybridized carbons (Fsp3) is 0.200. The van der Waals surface area contributed by atoms with Gasteiger partial charge in [-0.2, -0.15) is 0 Å². The van der Waals surface area contributed by atoms with E-state index >= 15 is 0 Å². The largest absolute Gasteiger partial charge is 0.491 e. The lowest BCUT2D eigenvalue weighted by atomic mass is 10.2. The van der Waals surface area contributed by atoms with E-state index in [1.807, 2.05) is 24.5 Å². The van der Waals surface area contributed by atoms with Gasteiger partial charge in [0, 0.05) is 23.7 Å². The molecule has 1 amide bonds. The summed E-state index contributed by atoms with van der Waals surface area (Å²) in [7, 11) is 3.11. The van der Waals surface area contributed by atoms with Crippen molar-refractivity contribution in [3.8, 4) is 5.75 Å². The van der Waals surface area contributed by atoms with Crippen LogP contribution >= 0.6 is 11.8 Å². The molecule has 5 nitrogen and oxygen atoms in total. The molecule has 2 aromatic rings. The Morgan fingerprint density at radius 3 is 2.76 bits per heavy atom. The molecule has 0 bridgehead atoms. The smallest absolute Gasteiger partial charge is 0.272 e. The van der Waals surface area contributed by atoms with Gasteiger partial charge in [0.25, 0.3) is 5.91 Å². The maximum atomic E-state index is 12.3. The third kappa shape index (κ3) is 3.46. The first-order chi connectivity index (χ1) is 10.0. The lowest BCUT2D eigenvalue weighted by Crippen LogP contribution is -2.21. The van der Waals surface area contributed by atoms with Crippen molar-refractivity contribution in [1.29, 1.82) is 0 Å². The van der Waals surface area contributed by atoms with Gasteiger partial charge in [-0.3, -0.25) is 9.59 Å². The monoisotopic (exact) mass is 304 g/mol. The molecule has 0 atom stereocenters. The van der Waals surface area contributed by atoms with Gasteiger partial charge in [0.2, 0.25) is 5.43 Å². The van der Waals surface area contributed by atoms with E-state index in [-0.39, 0.29) is 22.8 Å². The molecule has 0 radical (unpaired) electrons. The highest BCUT2D eigenvalue weighted by molar-refractivity contribution is 7.98. The van der Waals surface area contributed by atoms with Crippen LogP contribution in [0, 0.1) is 0 Å². The van der Waals surface area contributed by atoms with Crippen LogP contribution in [0.3, 0.4) is 0 Å². The minimum Gasteiger partial charge on any atom is -0.491 e. The quantitative estimate of drug-likeness (QED) is 0.881. The van der Waals surface area contributed by atoms with Crippen LogP contribution in [0.5, 0.6) is 5.75 Å². The van der Waals surface area contributed by atoms with Gasteiger partial charge in [0.05, 0.1) is 13.3 Å². The van der Waals surface area contributed by atoms with Crippen LogP contribution in [0.2, 0.25) is 0 Å². The zero-order valence-electron chi connectivity index (χ0n) is 12.0. The molecular weight excluding hydrogens is 288 g/mol. The second kappa shape index (κ2) is 6.49. The molecule has 21 heavy (non-hydrogen) atoms. The summed E-state index contributed by atoms with van der Waals surface area (Å²) in [6.45, 7) is 0. The van der Waals surface area contributed by atoms with E-state index < -0.39 is 0 Å². The number of amides is 1. The van der Waals surface area contributed by atoms with E-state index in [2.05, 4.69) is 5.32 Å². The van der Waals surface area contributed by atoms with Crippen LogP contribution in [0.25, 0.3) is 0 Å². The summed E-state index contributed by atoms with van der Waals surface area (Å²) in [5, 5.41) is 2.79. The van der Waals surface area contributed by atoms with E-state index in [0.29, 0.717) is 5.69 Å². The predicted molar refractivity (Wildman–Crippen MR) is 84.4 cm³/mol. The molecule has 1 aromatic heterocycles. The number of carbonyl (C=O) groups is 1. The number of benzene rings is 1. The fourth-order valence-electron chi connectivity index (χ4n) is 1.88. The van der Waals surface area contributed by atoms with Crippen molar-refractivity contribution in [3.05, 3.63) is 52.4 Å². The van der Waals surface area contributed by atoms with Crippen LogP contribution < -0.4 is 15.5 Å². The summed E-state index contributed by atoms with van der Waals surface area (Å²) in [5.74, 6) is -0.131. The van der Waals surface area contributed by atoms with Crippen LogP contribution in [0.4, 0.5) is 5.69 Å². The highest BCUT2D eigenvalue weighted by atomic mass is 32.2. The first-order valence-corrected chi connectivity index (χ1v) is 7.47. The Kier molecular flexibility index (Phi) is 4.70. The summed E-state index contributed by atoms with van der Waals surface area (Å²) >= 11 is 1.59. The van der Waals surface area contributed by atoms with E-state index in [9.17, 15) is 9.59 Å². The van der Waals surface area contributed by atoms with Gasteiger partial charge in [-0.25, -0.2) is 0 Å². The van der Waals surface area contributed by atoms with Crippen LogP contribution in [-0.2, 0) is 7.05 Å². The van der Waals surface area contributed by atoms with Crippen molar-refractivity contribution in [1.82, 2.24) is 4.57 Å². The fourth-order valence-corrected chi connectivity index (χ4v) is 2.34. The minimum atomic E-state index is -0.337. The highest BCUT2D eigenvalue weighted by Crippen LogP contribution is 2.19. The van der Waals surface area contributed by atoms with Crippen molar-refractivity contribution in [2.24, 2.45) is 7.05 Å². The Morgan fingerprint density at radius 2 is 2.10 bits per heavy atom. The molecular formula is C15H16N2O3S. The molecule has 1 N–H and O–H groups in total. The maximum absolute atomic E-state index is 12.3. The molecule has 2 rings (SSSR count). The number of anilines is 1. The Hall–Kier alpha value is -2.21. The van der Waals surface area contributed by atoms with Crippen molar-refractivity contribution in [2.75, 3.05) is 18.7 Å². The zero-order valence-corrected chi connectivity index (χ0v) is 12.9. The number of nitrogens with zero attached hydrogens (tertiary/aromatic N) is 1. The summed E-state index contributed by atoms with van der Waals surface area (Å²) in [6.07, 6.45) is 3.46. The number of carbonyl (C=O) groups excluding carboxylic acids is 1. The van der Waals surface area contributed by atoms with Gasteiger partial charge >= 0.3 is 0 Å². The van der Waals surface area contributed by atoms with Crippen molar-refractivity contribution < 1.29 is 9.53 Å². The molecule has 6 heteroatoms. The molecule has 0 aliphatic heterocycles. The number of ether oxygens (including phenoxy) is 1. The van der Waals surface area contributed by atoms with Crippen LogP contribution in [0.1, 0.15) is 10.5 Å². The van der Waals surface area contributed by atoms with Gasteiger partial charge in [-0.05, 0) is 24.5 Å². The second-order valence-corrected chi connectivity index (χ2v) is 5.27. The van der Waals surface area contributed by atoms with Crippen LogP contribution in [0.15, 0.2) is 46.2 Å². The highest BCUT2D eigenvalue weighted by Gasteiger charge is 2.12. The number of aryl methyl sites for hydroxylation is 1. The Morgan fingerprint density at radius 1 is 1.33 bits per heavy atom. The zero-order chi connectivity index (χ0) is 15.4. The minimum absolute atomic E-state index is 0.207. The summed E-state index contributed by atoms with van der Waals surface area (Å²) < 4.78 is 6.50. The number of hydrogen-bond acceptors (Lipinski definition) is 4. The van der Waals surface area contributed by atoms with E-state index in [4.69, 9.17) is 4.74 Å². The van der Waals surface area contributed by atoms with Gasteiger partial charge < -0.3 is 14.6 Å². The van der Waals surface area contributed by atoms with E-state index in [1.165, 1.54) is 19.4 Å². The third-order valence-electron chi connectivity index (χ3n) is 2.98. The lowest BCUT2D eigenvalue weighted by Gasteiger charge is -2.11. The summed E-state index contributed by atoms with van der Waals surface area (Å²) in [4.78, 5) is 25.1. The van der Waals surface area contributed by atoms with Gasteiger partial charge in [-0.15, -0.1) is 11.8 Å². The topological polar surface area (TPSA) is 60.3 Å². The maximum Gasteiger partial charge on any atom is 0.272 e. The number of pyridine rings is 1. The third-order valence-corrected chi connectivity index (χ3v) is 3.71. The molecule has 0 fully saturated rings. The van der Waals surface area contributed by atoms with E-state index in [1.54, 1.807) is 29.4 Å². The Bertz CT molecular complexity index is 725. The van der Waals surface area contributed by atoms with Crippen LogP contribution in [-0.4, -0.2) is 23.8 Å². The first-order valence-electron chi connectivity index (χ1n) is 6.25.